The largest absolute Gasteiger partial charge is 0.453 e. The van der Waals surface area contributed by atoms with Gasteiger partial charge in [-0.3, -0.25) is 4.79 Å². The number of carbonyl (C=O) groups is 1. The number of ketones is 1. The van der Waals surface area contributed by atoms with Crippen LogP contribution in [0, 0.1) is 0 Å². The minimum atomic E-state index is -0.0759. The Morgan fingerprint density at radius 1 is 1.40 bits per heavy atom. The van der Waals surface area contributed by atoms with E-state index in [0.717, 1.165) is 17.4 Å². The number of furan rings is 1. The smallest absolute Gasteiger partial charge is 0.220 e. The Labute approximate surface area is 88.2 Å². The molecule has 0 saturated carbocycles. The van der Waals surface area contributed by atoms with Gasteiger partial charge in [0.15, 0.2) is 5.76 Å². The summed E-state index contributed by atoms with van der Waals surface area (Å²) in [6, 6.07) is 9.38. The van der Waals surface area contributed by atoms with Crippen LogP contribution in [0.1, 0.15) is 23.9 Å². The minimum Gasteiger partial charge on any atom is -0.453 e. The highest BCUT2D eigenvalue weighted by Gasteiger charge is 2.08. The van der Waals surface area contributed by atoms with Gasteiger partial charge in [0.25, 0.3) is 0 Å². The van der Waals surface area contributed by atoms with Crippen LogP contribution in [0.3, 0.4) is 0 Å². The van der Waals surface area contributed by atoms with Gasteiger partial charge in [-0.1, -0.05) is 31.2 Å². The Kier molecular flexibility index (Phi) is 2.68. The predicted octanol–water partition coefficient (Wildman–Crippen LogP) is 3.58. The molecule has 0 aliphatic carbocycles. The third-order valence-corrected chi connectivity index (χ3v) is 2.17. The Morgan fingerprint density at radius 3 is 2.93 bits per heavy atom. The lowest BCUT2D eigenvalue weighted by atomic mass is 10.2. The number of benzene rings is 1. The van der Waals surface area contributed by atoms with Crippen molar-refractivity contribution >= 4 is 16.8 Å². The number of hydrogen-bond donors (Lipinski definition) is 0. The van der Waals surface area contributed by atoms with Gasteiger partial charge < -0.3 is 4.42 Å². The van der Waals surface area contributed by atoms with Gasteiger partial charge in [0, 0.05) is 5.39 Å². The summed E-state index contributed by atoms with van der Waals surface area (Å²) in [4.78, 5) is 11.6. The molecular weight excluding hydrogens is 188 g/mol. The number of rotatable bonds is 3. The number of carbonyl (C=O) groups excluding carboxylic acids is 1. The summed E-state index contributed by atoms with van der Waals surface area (Å²) in [5.74, 6) is 0.328. The average Bonchev–Trinajstić information content (AvgIpc) is 2.69. The standard InChI is InChI=1S/C13H12O2/c1-2-3-7-11(14)13-9-10-6-4-5-8-12(10)15-13/h3-9H,2H2,1H3/b7-3+. The predicted molar refractivity (Wildman–Crippen MR) is 60.0 cm³/mol. The van der Waals surface area contributed by atoms with E-state index >= 15 is 0 Å². The maximum atomic E-state index is 11.6. The van der Waals surface area contributed by atoms with Crippen molar-refractivity contribution in [3.8, 4) is 0 Å². The van der Waals surface area contributed by atoms with E-state index in [2.05, 4.69) is 0 Å². The topological polar surface area (TPSA) is 30.2 Å². The van der Waals surface area contributed by atoms with Crippen LogP contribution in [0.4, 0.5) is 0 Å². The monoisotopic (exact) mass is 200 g/mol. The first-order valence-corrected chi connectivity index (χ1v) is 5.00. The van der Waals surface area contributed by atoms with Crippen LogP contribution < -0.4 is 0 Å². The van der Waals surface area contributed by atoms with Crippen molar-refractivity contribution in [2.24, 2.45) is 0 Å². The molecule has 0 bridgehead atoms. The van der Waals surface area contributed by atoms with Gasteiger partial charge >= 0.3 is 0 Å². The van der Waals surface area contributed by atoms with Crippen LogP contribution >= 0.6 is 0 Å². The van der Waals surface area contributed by atoms with Gasteiger partial charge in [-0.05, 0) is 24.6 Å². The van der Waals surface area contributed by atoms with E-state index < -0.39 is 0 Å². The molecule has 0 atom stereocenters. The highest BCUT2D eigenvalue weighted by molar-refractivity contribution is 6.04. The molecule has 0 amide bonds. The molecule has 0 radical (unpaired) electrons. The summed E-state index contributed by atoms with van der Waals surface area (Å²) in [6.45, 7) is 1.99. The van der Waals surface area contributed by atoms with Crippen LogP contribution in [-0.4, -0.2) is 5.78 Å². The molecule has 2 nitrogen and oxygen atoms in total. The summed E-state index contributed by atoms with van der Waals surface area (Å²) < 4.78 is 5.43. The molecule has 0 N–H and O–H groups in total. The third kappa shape index (κ3) is 1.99. The molecule has 15 heavy (non-hydrogen) atoms. The van der Waals surface area contributed by atoms with Crippen LogP contribution in [0.2, 0.25) is 0 Å². The van der Waals surface area contributed by atoms with Gasteiger partial charge in [-0.25, -0.2) is 0 Å². The molecule has 2 heteroatoms. The van der Waals surface area contributed by atoms with Crippen LogP contribution in [0.25, 0.3) is 11.0 Å². The summed E-state index contributed by atoms with van der Waals surface area (Å²) in [7, 11) is 0. The maximum absolute atomic E-state index is 11.6. The van der Waals surface area contributed by atoms with Crippen molar-refractivity contribution < 1.29 is 9.21 Å². The fraction of sp³-hybridized carbons (Fsp3) is 0.154. The van der Waals surface area contributed by atoms with Crippen molar-refractivity contribution in [1.29, 1.82) is 0 Å². The first kappa shape index (κ1) is 9.71. The summed E-state index contributed by atoms with van der Waals surface area (Å²) in [6.07, 6.45) is 4.24. The van der Waals surface area contributed by atoms with Crippen LogP contribution in [0.5, 0.6) is 0 Å². The fourth-order valence-corrected chi connectivity index (χ4v) is 1.41. The van der Waals surface area contributed by atoms with Crippen LogP contribution in [0.15, 0.2) is 46.9 Å². The lowest BCUT2D eigenvalue weighted by Gasteiger charge is -1.86. The molecule has 0 unspecified atom stereocenters. The van der Waals surface area contributed by atoms with E-state index in [1.54, 1.807) is 12.1 Å². The zero-order valence-electron chi connectivity index (χ0n) is 8.57. The third-order valence-electron chi connectivity index (χ3n) is 2.17. The van der Waals surface area contributed by atoms with E-state index in [0.29, 0.717) is 5.76 Å². The molecule has 0 spiro atoms. The van der Waals surface area contributed by atoms with E-state index in [9.17, 15) is 4.79 Å². The molecule has 2 aromatic rings. The Bertz CT molecular complexity index is 473. The number of hydrogen-bond acceptors (Lipinski definition) is 2. The van der Waals surface area contributed by atoms with Crippen molar-refractivity contribution in [3.05, 3.63) is 48.2 Å². The number of fused-ring (bicyclic) bond motifs is 1. The number of allylic oxidation sites excluding steroid dienone is 2. The molecule has 1 aromatic carbocycles. The van der Waals surface area contributed by atoms with Crippen molar-refractivity contribution in [3.63, 3.8) is 0 Å². The quantitative estimate of drug-likeness (QED) is 0.560. The molecule has 0 aliphatic rings. The zero-order chi connectivity index (χ0) is 10.7. The van der Waals surface area contributed by atoms with Crippen molar-refractivity contribution in [2.75, 3.05) is 0 Å². The molecule has 2 rings (SSSR count). The first-order valence-electron chi connectivity index (χ1n) is 5.00. The SMILES string of the molecule is CC/C=C/C(=O)c1cc2ccccc2o1. The Morgan fingerprint density at radius 2 is 2.20 bits per heavy atom. The second-order valence-electron chi connectivity index (χ2n) is 3.32. The molecule has 0 fully saturated rings. The molecule has 0 saturated heterocycles. The average molecular weight is 200 g/mol. The number of para-hydroxylation sites is 1. The van der Waals surface area contributed by atoms with E-state index in [-0.39, 0.29) is 5.78 Å². The highest BCUT2D eigenvalue weighted by atomic mass is 16.3. The molecule has 0 aliphatic heterocycles. The van der Waals surface area contributed by atoms with Gasteiger partial charge in [0.1, 0.15) is 5.58 Å². The molecule has 1 aromatic heterocycles. The van der Waals surface area contributed by atoms with Crippen molar-refractivity contribution in [1.82, 2.24) is 0 Å². The zero-order valence-corrected chi connectivity index (χ0v) is 8.57. The van der Waals surface area contributed by atoms with Gasteiger partial charge in [0.2, 0.25) is 5.78 Å². The Balaban J connectivity index is 2.36. The van der Waals surface area contributed by atoms with E-state index in [4.69, 9.17) is 4.42 Å². The molecule has 1 heterocycles. The second kappa shape index (κ2) is 4.13. The van der Waals surface area contributed by atoms with E-state index in [1.807, 2.05) is 37.3 Å². The first-order chi connectivity index (χ1) is 7.31. The summed E-state index contributed by atoms with van der Waals surface area (Å²) in [5, 5.41) is 0.964. The van der Waals surface area contributed by atoms with Crippen molar-refractivity contribution in [2.45, 2.75) is 13.3 Å². The summed E-state index contributed by atoms with van der Waals surface area (Å²) >= 11 is 0. The van der Waals surface area contributed by atoms with Gasteiger partial charge in [-0.2, -0.15) is 0 Å². The molecule has 76 valence electrons. The lowest BCUT2D eigenvalue weighted by molar-refractivity contribution is 0.102. The normalized spacial score (nSPS) is 11.3. The van der Waals surface area contributed by atoms with E-state index in [1.165, 1.54) is 0 Å². The lowest BCUT2D eigenvalue weighted by Crippen LogP contribution is -1.89. The van der Waals surface area contributed by atoms with Gasteiger partial charge in [0.05, 0.1) is 0 Å². The highest BCUT2D eigenvalue weighted by Crippen LogP contribution is 2.19. The minimum absolute atomic E-state index is 0.0759. The summed E-state index contributed by atoms with van der Waals surface area (Å²) in [5.41, 5.74) is 0.755. The Hall–Kier alpha value is -1.83. The second-order valence-corrected chi connectivity index (χ2v) is 3.32. The van der Waals surface area contributed by atoms with Gasteiger partial charge in [-0.15, -0.1) is 0 Å². The maximum Gasteiger partial charge on any atom is 0.220 e. The molecular formula is C13H12O2. The van der Waals surface area contributed by atoms with Crippen LogP contribution in [-0.2, 0) is 0 Å². The fourth-order valence-electron chi connectivity index (χ4n) is 1.41.